The molecule has 0 saturated carbocycles. The zero-order valence-corrected chi connectivity index (χ0v) is 16.3. The molecule has 1 N–H and O–H groups in total. The van der Waals surface area contributed by atoms with E-state index in [-0.39, 0.29) is 17.5 Å². The molecule has 148 valence electrons. The Labute approximate surface area is 172 Å². The first-order valence-electron chi connectivity index (χ1n) is 9.33. The fourth-order valence-electron chi connectivity index (χ4n) is 3.39. The fourth-order valence-corrected chi connectivity index (χ4v) is 3.62. The molecule has 1 aliphatic heterocycles. The molecule has 2 aromatic heterocycles. The minimum Gasteiger partial charge on any atom is -0.355 e. The number of hydrogen-bond donors (Lipinski definition) is 1. The average molecular weight is 411 g/mol. The number of hydrogen-bond acceptors (Lipinski definition) is 5. The van der Waals surface area contributed by atoms with Crippen molar-refractivity contribution in [1.29, 1.82) is 0 Å². The lowest BCUT2D eigenvalue weighted by atomic mass is 10.1. The van der Waals surface area contributed by atoms with Crippen molar-refractivity contribution < 1.29 is 14.1 Å². The maximum Gasteiger partial charge on any atom is 0.276 e. The summed E-state index contributed by atoms with van der Waals surface area (Å²) in [5.41, 5.74) is 1.58. The van der Waals surface area contributed by atoms with E-state index in [1.54, 1.807) is 29.3 Å². The fraction of sp³-hybridized carbons (Fsp3) is 0.238. The lowest BCUT2D eigenvalue weighted by Gasteiger charge is -2.22. The van der Waals surface area contributed by atoms with E-state index in [1.165, 1.54) is 0 Å². The number of carbonyl (C=O) groups excluding carboxylic acids is 2. The molecule has 4 rings (SSSR count). The van der Waals surface area contributed by atoms with Crippen LogP contribution in [0.15, 0.2) is 59.3 Å². The summed E-state index contributed by atoms with van der Waals surface area (Å²) in [4.78, 5) is 31.3. The van der Waals surface area contributed by atoms with Gasteiger partial charge in [0.1, 0.15) is 6.04 Å². The van der Waals surface area contributed by atoms with E-state index in [1.807, 2.05) is 30.3 Å². The highest BCUT2D eigenvalue weighted by atomic mass is 35.5. The van der Waals surface area contributed by atoms with Crippen LogP contribution in [0.5, 0.6) is 0 Å². The molecule has 1 aliphatic rings. The maximum absolute atomic E-state index is 12.9. The Hall–Kier alpha value is -3.19. The Kier molecular flexibility index (Phi) is 5.57. The third-order valence-electron chi connectivity index (χ3n) is 4.85. The van der Waals surface area contributed by atoms with E-state index in [0.717, 1.165) is 12.1 Å². The molecule has 0 radical (unpaired) electrons. The van der Waals surface area contributed by atoms with E-state index in [9.17, 15) is 9.59 Å². The van der Waals surface area contributed by atoms with E-state index < -0.39 is 6.04 Å². The van der Waals surface area contributed by atoms with Crippen molar-refractivity contribution in [2.45, 2.75) is 25.4 Å². The van der Waals surface area contributed by atoms with Crippen molar-refractivity contribution in [2.24, 2.45) is 0 Å². The first-order valence-corrected chi connectivity index (χ1v) is 9.71. The summed E-state index contributed by atoms with van der Waals surface area (Å²) in [6.07, 6.45) is 3.03. The van der Waals surface area contributed by atoms with Gasteiger partial charge in [-0.05, 0) is 37.1 Å². The summed E-state index contributed by atoms with van der Waals surface area (Å²) < 4.78 is 5.32. The number of rotatable bonds is 5. The zero-order chi connectivity index (χ0) is 20.2. The molecule has 3 aromatic rings. The van der Waals surface area contributed by atoms with Crippen molar-refractivity contribution in [1.82, 2.24) is 20.4 Å². The second-order valence-electron chi connectivity index (χ2n) is 6.75. The summed E-state index contributed by atoms with van der Waals surface area (Å²) in [5.74, 6) is -0.117. The van der Waals surface area contributed by atoms with Gasteiger partial charge in [0.15, 0.2) is 11.5 Å². The minimum absolute atomic E-state index is 0.157. The molecule has 0 aliphatic carbocycles. The Bertz CT molecular complexity index is 1020. The van der Waals surface area contributed by atoms with Crippen LogP contribution in [-0.4, -0.2) is 39.4 Å². The van der Waals surface area contributed by atoms with Gasteiger partial charge in [-0.1, -0.05) is 35.0 Å². The van der Waals surface area contributed by atoms with Crippen LogP contribution in [0, 0.1) is 0 Å². The molecule has 2 amide bonds. The predicted octanol–water partition coefficient (Wildman–Crippen LogP) is 3.31. The molecule has 0 spiro atoms. The number of benzene rings is 1. The Balaban J connectivity index is 1.45. The number of aromatic nitrogens is 2. The van der Waals surface area contributed by atoms with Gasteiger partial charge in [0.05, 0.1) is 17.3 Å². The highest BCUT2D eigenvalue weighted by Gasteiger charge is 2.35. The average Bonchev–Trinajstić information content (AvgIpc) is 3.43. The van der Waals surface area contributed by atoms with Crippen molar-refractivity contribution in [3.05, 3.63) is 71.1 Å². The van der Waals surface area contributed by atoms with Crippen LogP contribution in [0.25, 0.3) is 11.3 Å². The number of carbonyl (C=O) groups is 2. The first-order chi connectivity index (χ1) is 14.1. The summed E-state index contributed by atoms with van der Waals surface area (Å²) in [6, 6.07) is 13.7. The van der Waals surface area contributed by atoms with Gasteiger partial charge in [-0.25, -0.2) is 0 Å². The van der Waals surface area contributed by atoms with Crippen molar-refractivity contribution in [3.8, 4) is 11.3 Å². The highest BCUT2D eigenvalue weighted by molar-refractivity contribution is 6.33. The smallest absolute Gasteiger partial charge is 0.276 e. The highest BCUT2D eigenvalue weighted by Crippen LogP contribution is 2.29. The Morgan fingerprint density at radius 2 is 2.03 bits per heavy atom. The molecule has 8 heteroatoms. The topological polar surface area (TPSA) is 88.3 Å². The normalized spacial score (nSPS) is 16.0. The molecular formula is C21H19ClN4O3. The van der Waals surface area contributed by atoms with Gasteiger partial charge in [-0.3, -0.25) is 14.6 Å². The Morgan fingerprint density at radius 3 is 2.83 bits per heavy atom. The predicted molar refractivity (Wildman–Crippen MR) is 107 cm³/mol. The van der Waals surface area contributed by atoms with Gasteiger partial charge in [-0.15, -0.1) is 0 Å². The number of amides is 2. The van der Waals surface area contributed by atoms with Crippen LogP contribution in [0.3, 0.4) is 0 Å². The number of pyridine rings is 1. The number of halogens is 1. The van der Waals surface area contributed by atoms with Gasteiger partial charge < -0.3 is 14.7 Å². The molecule has 0 unspecified atom stereocenters. The third-order valence-corrected chi connectivity index (χ3v) is 5.18. The Morgan fingerprint density at radius 1 is 1.21 bits per heavy atom. The molecule has 1 aromatic carbocycles. The van der Waals surface area contributed by atoms with E-state index >= 15 is 0 Å². The largest absolute Gasteiger partial charge is 0.355 e. The van der Waals surface area contributed by atoms with Crippen LogP contribution >= 0.6 is 11.6 Å². The van der Waals surface area contributed by atoms with Crippen LogP contribution in [0.2, 0.25) is 5.02 Å². The van der Waals surface area contributed by atoms with Gasteiger partial charge in [0, 0.05) is 24.4 Å². The second-order valence-corrected chi connectivity index (χ2v) is 7.16. The minimum atomic E-state index is -0.535. The lowest BCUT2D eigenvalue weighted by Crippen LogP contribution is -2.45. The standard InChI is InChI=1S/C21H19ClN4O3/c22-16-8-2-1-7-15(16)19-12-17(25-29-19)21(28)26-11-5-9-18(26)20(27)24-13-14-6-3-4-10-23-14/h1-4,6-8,10,12,18H,5,9,11,13H2,(H,24,27)/t18-/m0/s1. The van der Waals surface area contributed by atoms with Gasteiger partial charge in [0.2, 0.25) is 5.91 Å². The van der Waals surface area contributed by atoms with E-state index in [2.05, 4.69) is 15.5 Å². The van der Waals surface area contributed by atoms with Gasteiger partial charge >= 0.3 is 0 Å². The summed E-state index contributed by atoms with van der Waals surface area (Å²) in [6.45, 7) is 0.813. The number of likely N-dealkylation sites (tertiary alicyclic amines) is 1. The number of nitrogens with one attached hydrogen (secondary N) is 1. The second kappa shape index (κ2) is 8.45. The van der Waals surface area contributed by atoms with Gasteiger partial charge in [-0.2, -0.15) is 0 Å². The third kappa shape index (κ3) is 4.14. The molecule has 1 atom stereocenters. The van der Waals surface area contributed by atoms with Crippen molar-refractivity contribution in [2.75, 3.05) is 6.54 Å². The summed E-state index contributed by atoms with van der Waals surface area (Å²) in [5, 5.41) is 7.27. The van der Waals surface area contributed by atoms with Crippen LogP contribution in [-0.2, 0) is 11.3 Å². The van der Waals surface area contributed by atoms with Gasteiger partial charge in [0.25, 0.3) is 5.91 Å². The molecule has 1 saturated heterocycles. The zero-order valence-electron chi connectivity index (χ0n) is 15.5. The molecular weight excluding hydrogens is 392 g/mol. The van der Waals surface area contributed by atoms with Crippen molar-refractivity contribution in [3.63, 3.8) is 0 Å². The number of nitrogens with zero attached hydrogens (tertiary/aromatic N) is 3. The molecule has 0 bridgehead atoms. The molecule has 29 heavy (non-hydrogen) atoms. The molecule has 7 nitrogen and oxygen atoms in total. The molecule has 3 heterocycles. The monoisotopic (exact) mass is 410 g/mol. The SMILES string of the molecule is O=C(NCc1ccccn1)[C@@H]1CCCN1C(=O)c1cc(-c2ccccc2Cl)on1. The van der Waals surface area contributed by atoms with Crippen molar-refractivity contribution >= 4 is 23.4 Å². The summed E-state index contributed by atoms with van der Waals surface area (Å²) in [7, 11) is 0. The van der Waals surface area contributed by atoms with Crippen LogP contribution in [0.4, 0.5) is 0 Å². The van der Waals surface area contributed by atoms with Crippen LogP contribution < -0.4 is 5.32 Å². The lowest BCUT2D eigenvalue weighted by molar-refractivity contribution is -0.125. The van der Waals surface area contributed by atoms with E-state index in [0.29, 0.717) is 35.9 Å². The maximum atomic E-state index is 12.9. The van der Waals surface area contributed by atoms with Crippen LogP contribution in [0.1, 0.15) is 29.0 Å². The van der Waals surface area contributed by atoms with E-state index in [4.69, 9.17) is 16.1 Å². The quantitative estimate of drug-likeness (QED) is 0.697. The molecule has 1 fully saturated rings. The first kappa shape index (κ1) is 19.1. The summed E-state index contributed by atoms with van der Waals surface area (Å²) >= 11 is 6.18.